The number of anilines is 3. The molecule has 7 heteroatoms. The number of hydrogen-bond donors (Lipinski definition) is 3. The Labute approximate surface area is 202 Å². The van der Waals surface area contributed by atoms with Crippen molar-refractivity contribution in [3.63, 3.8) is 0 Å². The number of β-amino-alcohol motifs (C(OH)–C–C–N with tert-alkyl or cyclic N) is 1. The van der Waals surface area contributed by atoms with E-state index < -0.39 is 0 Å². The summed E-state index contributed by atoms with van der Waals surface area (Å²) in [6.07, 6.45) is 20.8. The molecule has 1 saturated heterocycles. The monoisotopic (exact) mass is 462 g/mol. The zero-order valence-electron chi connectivity index (χ0n) is 21.2. The van der Waals surface area contributed by atoms with E-state index >= 15 is 0 Å². The van der Waals surface area contributed by atoms with Crippen LogP contribution in [0.15, 0.2) is 6.33 Å². The molecule has 0 radical (unpaired) electrons. The Morgan fingerprint density at radius 1 is 0.818 bits per heavy atom. The first-order valence-electron chi connectivity index (χ1n) is 13.7. The molecule has 1 aliphatic heterocycles. The van der Waals surface area contributed by atoms with Crippen LogP contribution in [0.1, 0.15) is 96.8 Å². The number of aliphatic hydroxyl groups is 1. The molecule has 1 aliphatic rings. The molecule has 0 spiro atoms. The minimum atomic E-state index is 0.211. The van der Waals surface area contributed by atoms with Crippen LogP contribution in [0.4, 0.5) is 17.3 Å². The molecule has 1 fully saturated rings. The standard InChI is InChI=1S/C26H50N6O/c1-2-3-4-5-6-7-8-9-10-11-12-13-14-15-16-28-25-24(27)26(30-23-29-25)32-19-17-31(18-20-32)21-22-33/h23,33H,2-22,27H2,1H3,(H,28,29,30). The maximum Gasteiger partial charge on any atom is 0.157 e. The number of nitrogens with two attached hydrogens (primary N) is 1. The highest BCUT2D eigenvalue weighted by Gasteiger charge is 2.20. The molecule has 2 rings (SSSR count). The molecule has 4 N–H and O–H groups in total. The Kier molecular flexibility index (Phi) is 14.9. The van der Waals surface area contributed by atoms with Crippen LogP contribution < -0.4 is 16.0 Å². The maximum atomic E-state index is 9.11. The van der Waals surface area contributed by atoms with Crippen LogP contribution in [0.3, 0.4) is 0 Å². The summed E-state index contributed by atoms with van der Waals surface area (Å²) in [7, 11) is 0. The Balaban J connectivity index is 1.49. The Hall–Kier alpha value is -1.60. The van der Waals surface area contributed by atoms with E-state index in [-0.39, 0.29) is 6.61 Å². The molecule has 1 aromatic heterocycles. The molecule has 7 nitrogen and oxygen atoms in total. The van der Waals surface area contributed by atoms with Crippen molar-refractivity contribution in [1.82, 2.24) is 14.9 Å². The van der Waals surface area contributed by atoms with Gasteiger partial charge in [-0.15, -0.1) is 0 Å². The minimum Gasteiger partial charge on any atom is -0.395 e. The second kappa shape index (κ2) is 17.8. The van der Waals surface area contributed by atoms with Gasteiger partial charge < -0.3 is 21.1 Å². The van der Waals surface area contributed by atoms with Crippen molar-refractivity contribution in [2.45, 2.75) is 96.8 Å². The average molecular weight is 463 g/mol. The van der Waals surface area contributed by atoms with Crippen molar-refractivity contribution in [1.29, 1.82) is 0 Å². The number of nitrogens with zero attached hydrogens (tertiary/aromatic N) is 4. The lowest BCUT2D eigenvalue weighted by molar-refractivity contribution is 0.188. The second-order valence-electron chi connectivity index (χ2n) is 9.53. The van der Waals surface area contributed by atoms with E-state index in [0.717, 1.165) is 57.3 Å². The smallest absolute Gasteiger partial charge is 0.157 e. The van der Waals surface area contributed by atoms with Gasteiger partial charge >= 0.3 is 0 Å². The van der Waals surface area contributed by atoms with E-state index in [1.165, 1.54) is 83.5 Å². The lowest BCUT2D eigenvalue weighted by Crippen LogP contribution is -2.47. The topological polar surface area (TPSA) is 90.5 Å². The Morgan fingerprint density at radius 2 is 1.36 bits per heavy atom. The van der Waals surface area contributed by atoms with E-state index in [2.05, 4.69) is 32.0 Å². The van der Waals surface area contributed by atoms with Gasteiger partial charge in [0, 0.05) is 39.3 Å². The van der Waals surface area contributed by atoms with Crippen LogP contribution in [-0.2, 0) is 0 Å². The fourth-order valence-corrected chi connectivity index (χ4v) is 4.63. The van der Waals surface area contributed by atoms with E-state index in [4.69, 9.17) is 10.8 Å². The minimum absolute atomic E-state index is 0.211. The highest BCUT2D eigenvalue weighted by molar-refractivity contribution is 5.74. The van der Waals surface area contributed by atoms with Crippen LogP contribution in [0.25, 0.3) is 0 Å². The molecule has 0 aromatic carbocycles. The number of unbranched alkanes of at least 4 members (excludes halogenated alkanes) is 13. The van der Waals surface area contributed by atoms with Crippen molar-refractivity contribution >= 4 is 17.3 Å². The van der Waals surface area contributed by atoms with Gasteiger partial charge in [-0.3, -0.25) is 4.90 Å². The van der Waals surface area contributed by atoms with E-state index in [0.29, 0.717) is 5.69 Å². The third kappa shape index (κ3) is 11.4. The van der Waals surface area contributed by atoms with Crippen molar-refractivity contribution < 1.29 is 5.11 Å². The highest BCUT2D eigenvalue weighted by Crippen LogP contribution is 2.27. The van der Waals surface area contributed by atoms with Gasteiger partial charge in [-0.05, 0) is 6.42 Å². The molecule has 0 aliphatic carbocycles. The fraction of sp³-hybridized carbons (Fsp3) is 0.846. The van der Waals surface area contributed by atoms with Crippen molar-refractivity contribution in [3.05, 3.63) is 6.33 Å². The summed E-state index contributed by atoms with van der Waals surface area (Å²) in [5.74, 6) is 1.59. The zero-order valence-corrected chi connectivity index (χ0v) is 21.2. The summed E-state index contributed by atoms with van der Waals surface area (Å²) in [6.45, 7) is 7.73. The number of piperazine rings is 1. The predicted molar refractivity (Wildman–Crippen MR) is 141 cm³/mol. The third-order valence-electron chi connectivity index (χ3n) is 6.77. The lowest BCUT2D eigenvalue weighted by Gasteiger charge is -2.35. The molecule has 0 unspecified atom stereocenters. The molecule has 33 heavy (non-hydrogen) atoms. The predicted octanol–water partition coefficient (Wildman–Crippen LogP) is 5.07. The van der Waals surface area contributed by atoms with Gasteiger partial charge in [0.25, 0.3) is 0 Å². The maximum absolute atomic E-state index is 9.11. The van der Waals surface area contributed by atoms with Gasteiger partial charge in [-0.1, -0.05) is 90.4 Å². The summed E-state index contributed by atoms with van der Waals surface area (Å²) in [4.78, 5) is 13.3. The van der Waals surface area contributed by atoms with Gasteiger partial charge in [0.1, 0.15) is 12.0 Å². The van der Waals surface area contributed by atoms with E-state index in [1.54, 1.807) is 6.33 Å². The molecule has 0 atom stereocenters. The first kappa shape index (κ1) is 27.6. The highest BCUT2D eigenvalue weighted by atomic mass is 16.3. The van der Waals surface area contributed by atoms with Gasteiger partial charge in [-0.25, -0.2) is 9.97 Å². The average Bonchev–Trinajstić information content (AvgIpc) is 2.83. The summed E-state index contributed by atoms with van der Waals surface area (Å²) in [5.41, 5.74) is 7.04. The molecular formula is C26H50N6O. The SMILES string of the molecule is CCCCCCCCCCCCCCCCNc1ncnc(N2CCN(CCO)CC2)c1N. The Bertz CT molecular complexity index is 606. The van der Waals surface area contributed by atoms with Crippen LogP contribution in [0, 0.1) is 0 Å². The number of hydrogen-bond acceptors (Lipinski definition) is 7. The Morgan fingerprint density at radius 3 is 1.91 bits per heavy atom. The van der Waals surface area contributed by atoms with E-state index in [1.807, 2.05) is 0 Å². The third-order valence-corrected chi connectivity index (χ3v) is 6.77. The van der Waals surface area contributed by atoms with Gasteiger partial charge in [-0.2, -0.15) is 0 Å². The first-order chi connectivity index (χ1) is 16.3. The summed E-state index contributed by atoms with van der Waals surface area (Å²) in [5, 5.41) is 12.5. The van der Waals surface area contributed by atoms with Gasteiger partial charge in [0.15, 0.2) is 11.6 Å². The summed E-state index contributed by atoms with van der Waals surface area (Å²) in [6, 6.07) is 0. The normalized spacial score (nSPS) is 14.7. The van der Waals surface area contributed by atoms with Crippen molar-refractivity contribution in [3.8, 4) is 0 Å². The largest absolute Gasteiger partial charge is 0.395 e. The van der Waals surface area contributed by atoms with Gasteiger partial charge in [0.05, 0.1) is 6.61 Å². The number of nitrogen functional groups attached to an aromatic ring is 1. The fourth-order valence-electron chi connectivity index (χ4n) is 4.63. The molecule has 0 bridgehead atoms. The molecule has 1 aromatic rings. The van der Waals surface area contributed by atoms with Crippen LogP contribution >= 0.6 is 0 Å². The van der Waals surface area contributed by atoms with Crippen molar-refractivity contribution in [2.75, 3.05) is 61.8 Å². The zero-order chi connectivity index (χ0) is 23.6. The number of aliphatic hydroxyl groups excluding tert-OH is 1. The number of aromatic nitrogens is 2. The molecule has 2 heterocycles. The number of nitrogens with one attached hydrogen (secondary N) is 1. The van der Waals surface area contributed by atoms with Crippen LogP contribution in [0.5, 0.6) is 0 Å². The van der Waals surface area contributed by atoms with Crippen molar-refractivity contribution in [2.24, 2.45) is 0 Å². The molecule has 0 saturated carbocycles. The molecule has 0 amide bonds. The number of rotatable bonds is 19. The van der Waals surface area contributed by atoms with Crippen LogP contribution in [0.2, 0.25) is 0 Å². The first-order valence-corrected chi connectivity index (χ1v) is 13.7. The molecule has 190 valence electrons. The summed E-state index contributed by atoms with van der Waals surface area (Å²) >= 11 is 0. The quantitative estimate of drug-likeness (QED) is 0.247. The summed E-state index contributed by atoms with van der Waals surface area (Å²) < 4.78 is 0. The molecular weight excluding hydrogens is 412 g/mol. The van der Waals surface area contributed by atoms with Gasteiger partial charge in [0.2, 0.25) is 0 Å². The van der Waals surface area contributed by atoms with Crippen LogP contribution in [-0.4, -0.2) is 65.8 Å². The van der Waals surface area contributed by atoms with E-state index in [9.17, 15) is 0 Å². The lowest BCUT2D eigenvalue weighted by atomic mass is 10.0. The second-order valence-corrected chi connectivity index (χ2v) is 9.53.